The van der Waals surface area contributed by atoms with E-state index in [0.29, 0.717) is 0 Å². The van der Waals surface area contributed by atoms with Crippen molar-refractivity contribution in [1.82, 2.24) is 0 Å². The van der Waals surface area contributed by atoms with Crippen molar-refractivity contribution in [1.29, 1.82) is 0 Å². The van der Waals surface area contributed by atoms with E-state index in [1.54, 1.807) is 0 Å². The summed E-state index contributed by atoms with van der Waals surface area (Å²) in [7, 11) is -4.29. The zero-order valence-corrected chi connectivity index (χ0v) is 12.1. The maximum atomic E-state index is 11.4. The molecule has 0 saturated heterocycles. The van der Waals surface area contributed by atoms with Crippen LogP contribution < -0.4 is 4.89 Å². The Bertz CT molecular complexity index is 368. The van der Waals surface area contributed by atoms with Gasteiger partial charge in [0.1, 0.15) is 14.2 Å². The molecule has 0 aliphatic carbocycles. The third-order valence-corrected chi connectivity index (χ3v) is 3.27. The van der Waals surface area contributed by atoms with Gasteiger partial charge in [0.15, 0.2) is 12.4 Å². The molecule has 0 rings (SSSR count). The number of hydrogen-bond donors (Lipinski definition) is 2. The van der Waals surface area contributed by atoms with E-state index < -0.39 is 51.1 Å². The number of rotatable bonds is 9. The van der Waals surface area contributed by atoms with Crippen molar-refractivity contribution in [3.05, 3.63) is 0 Å². The summed E-state index contributed by atoms with van der Waals surface area (Å²) in [6, 6.07) is 0. The molecule has 0 bridgehead atoms. The predicted octanol–water partition coefficient (Wildman–Crippen LogP) is -1.25. The minimum absolute atomic E-state index is 0.336. The highest BCUT2D eigenvalue weighted by atomic mass is 31.2. The summed E-state index contributed by atoms with van der Waals surface area (Å²) in [5.74, 6) is -1.30. The summed E-state index contributed by atoms with van der Waals surface area (Å²) >= 11 is 0. The Labute approximate surface area is 116 Å². The van der Waals surface area contributed by atoms with Gasteiger partial charge in [0.25, 0.3) is 0 Å². The van der Waals surface area contributed by atoms with Gasteiger partial charge in [0.05, 0.1) is 6.61 Å². The number of aliphatic hydroxyl groups is 2. The van der Waals surface area contributed by atoms with Crippen LogP contribution in [0, 0.1) is 0 Å². The molecule has 0 aliphatic heterocycles. The van der Waals surface area contributed by atoms with Gasteiger partial charge in [-0.2, -0.15) is 0 Å². The second-order valence-electron chi connectivity index (χ2n) is 3.93. The van der Waals surface area contributed by atoms with Gasteiger partial charge in [-0.25, -0.2) is 0 Å². The van der Waals surface area contributed by atoms with Gasteiger partial charge < -0.3 is 33.7 Å². The van der Waals surface area contributed by atoms with Gasteiger partial charge in [-0.3, -0.25) is 9.59 Å². The van der Waals surface area contributed by atoms with E-state index in [0.717, 1.165) is 13.8 Å². The first-order valence-corrected chi connectivity index (χ1v) is 7.46. The average molecular weight is 313 g/mol. The van der Waals surface area contributed by atoms with Crippen LogP contribution in [0.25, 0.3) is 0 Å². The SMILES string of the molecule is CC(=O)OCC(COP(=O)([O-])CCC(O)O)OC(C)=O. The van der Waals surface area contributed by atoms with E-state index in [2.05, 4.69) is 9.26 Å². The summed E-state index contributed by atoms with van der Waals surface area (Å²) in [4.78, 5) is 32.8. The summed E-state index contributed by atoms with van der Waals surface area (Å²) in [5.41, 5.74) is 0. The number of aliphatic hydroxyl groups excluding tert-OH is 1. The Kier molecular flexibility index (Phi) is 8.59. The molecular weight excluding hydrogens is 295 g/mol. The first-order valence-electron chi connectivity index (χ1n) is 5.73. The van der Waals surface area contributed by atoms with Crippen molar-refractivity contribution in [3.8, 4) is 0 Å². The molecule has 0 amide bonds. The van der Waals surface area contributed by atoms with Crippen molar-refractivity contribution in [2.75, 3.05) is 19.4 Å². The monoisotopic (exact) mass is 313 g/mol. The summed E-state index contributed by atoms with van der Waals surface area (Å²) < 4.78 is 25.3. The van der Waals surface area contributed by atoms with Crippen molar-refractivity contribution >= 4 is 19.5 Å². The summed E-state index contributed by atoms with van der Waals surface area (Å²) in [5, 5.41) is 17.1. The fourth-order valence-electron chi connectivity index (χ4n) is 1.10. The van der Waals surface area contributed by atoms with Gasteiger partial charge in [-0.15, -0.1) is 0 Å². The molecule has 0 aliphatic rings. The smallest absolute Gasteiger partial charge is 0.303 e. The standard InChI is InChI=1S/C10H19O9P/c1-7(11)17-5-9(19-8(2)12)6-18-20(15,16)4-3-10(13)14/h9-10,13-14H,3-6H2,1-2H3,(H,15,16)/p-1. The molecule has 0 spiro atoms. The Morgan fingerprint density at radius 2 is 1.80 bits per heavy atom. The van der Waals surface area contributed by atoms with Gasteiger partial charge in [0, 0.05) is 26.4 Å². The first-order chi connectivity index (χ1) is 9.12. The highest BCUT2D eigenvalue weighted by Crippen LogP contribution is 2.37. The van der Waals surface area contributed by atoms with Crippen LogP contribution in [-0.4, -0.2) is 53.9 Å². The van der Waals surface area contributed by atoms with Crippen LogP contribution in [0.4, 0.5) is 0 Å². The Hall–Kier alpha value is -0.990. The van der Waals surface area contributed by atoms with Crippen LogP contribution >= 0.6 is 7.60 Å². The number of esters is 2. The molecule has 118 valence electrons. The third-order valence-electron chi connectivity index (χ3n) is 1.92. The van der Waals surface area contributed by atoms with Crippen LogP contribution in [-0.2, 0) is 28.2 Å². The molecule has 10 heteroatoms. The lowest BCUT2D eigenvalue weighted by atomic mass is 10.4. The average Bonchev–Trinajstić information content (AvgIpc) is 2.30. The normalized spacial score (nSPS) is 15.5. The zero-order chi connectivity index (χ0) is 15.8. The molecule has 0 radical (unpaired) electrons. The van der Waals surface area contributed by atoms with Crippen molar-refractivity contribution < 1.29 is 43.3 Å². The van der Waals surface area contributed by atoms with Crippen LogP contribution in [0.2, 0.25) is 0 Å². The van der Waals surface area contributed by atoms with E-state index in [1.165, 1.54) is 0 Å². The maximum absolute atomic E-state index is 11.4. The molecular formula is C10H18O9P-. The quantitative estimate of drug-likeness (QED) is 0.303. The minimum Gasteiger partial charge on any atom is -0.778 e. The van der Waals surface area contributed by atoms with Crippen molar-refractivity contribution in [3.63, 3.8) is 0 Å². The van der Waals surface area contributed by atoms with Crippen molar-refractivity contribution in [2.45, 2.75) is 32.7 Å². The molecule has 0 aromatic heterocycles. The van der Waals surface area contributed by atoms with Gasteiger partial charge in [0.2, 0.25) is 0 Å². The summed E-state index contributed by atoms with van der Waals surface area (Å²) in [6.07, 6.45) is -3.79. The van der Waals surface area contributed by atoms with Crippen LogP contribution in [0.3, 0.4) is 0 Å². The topological polar surface area (TPSA) is 142 Å². The largest absolute Gasteiger partial charge is 0.778 e. The van der Waals surface area contributed by atoms with Crippen LogP contribution in [0.15, 0.2) is 0 Å². The Morgan fingerprint density at radius 3 is 2.25 bits per heavy atom. The number of ether oxygens (including phenoxy) is 2. The molecule has 0 heterocycles. The molecule has 0 saturated carbocycles. The summed E-state index contributed by atoms with van der Waals surface area (Å²) in [6.45, 7) is 1.40. The number of hydrogen-bond acceptors (Lipinski definition) is 9. The van der Waals surface area contributed by atoms with E-state index in [4.69, 9.17) is 14.9 Å². The predicted molar refractivity (Wildman–Crippen MR) is 63.5 cm³/mol. The highest BCUT2D eigenvalue weighted by molar-refractivity contribution is 7.51. The van der Waals surface area contributed by atoms with E-state index in [9.17, 15) is 19.0 Å². The molecule has 2 atom stereocenters. The fraction of sp³-hybridized carbons (Fsp3) is 0.800. The molecule has 20 heavy (non-hydrogen) atoms. The van der Waals surface area contributed by atoms with Crippen LogP contribution in [0.5, 0.6) is 0 Å². The highest BCUT2D eigenvalue weighted by Gasteiger charge is 2.18. The van der Waals surface area contributed by atoms with Gasteiger partial charge in [-0.1, -0.05) is 0 Å². The lowest BCUT2D eigenvalue weighted by Crippen LogP contribution is -2.29. The molecule has 2 N–H and O–H groups in total. The lowest BCUT2D eigenvalue weighted by molar-refractivity contribution is -0.203. The zero-order valence-electron chi connectivity index (χ0n) is 11.2. The Balaban J connectivity index is 4.31. The fourth-order valence-corrected chi connectivity index (χ4v) is 2.17. The van der Waals surface area contributed by atoms with Gasteiger partial charge >= 0.3 is 11.9 Å². The molecule has 2 unspecified atom stereocenters. The molecule has 9 nitrogen and oxygen atoms in total. The van der Waals surface area contributed by atoms with E-state index in [1.807, 2.05) is 0 Å². The number of carbonyl (C=O) groups is 2. The second kappa shape index (κ2) is 9.04. The third kappa shape index (κ3) is 10.9. The minimum atomic E-state index is -4.29. The first kappa shape index (κ1) is 19.0. The Morgan fingerprint density at radius 1 is 1.20 bits per heavy atom. The molecule has 0 aromatic carbocycles. The molecule has 0 aromatic rings. The second-order valence-corrected chi connectivity index (χ2v) is 5.86. The van der Waals surface area contributed by atoms with E-state index >= 15 is 0 Å². The van der Waals surface area contributed by atoms with Crippen molar-refractivity contribution in [2.24, 2.45) is 0 Å². The molecule has 0 fully saturated rings. The van der Waals surface area contributed by atoms with Crippen LogP contribution in [0.1, 0.15) is 20.3 Å². The van der Waals surface area contributed by atoms with E-state index in [-0.39, 0.29) is 6.61 Å². The number of carbonyl (C=O) groups excluding carboxylic acids is 2. The maximum Gasteiger partial charge on any atom is 0.303 e. The lowest BCUT2D eigenvalue weighted by Gasteiger charge is -2.26. The van der Waals surface area contributed by atoms with Gasteiger partial charge in [-0.05, 0) is 0 Å².